The number of rotatable bonds is 2. The zero-order chi connectivity index (χ0) is 9.19. The summed E-state index contributed by atoms with van der Waals surface area (Å²) in [5.74, 6) is 0. The lowest BCUT2D eigenvalue weighted by Crippen LogP contribution is -2.45. The molecule has 60 valence electrons. The lowest BCUT2D eigenvalue weighted by Gasteiger charge is -2.18. The molecule has 0 spiro atoms. The van der Waals surface area contributed by atoms with E-state index in [0.717, 1.165) is 5.19 Å². The third kappa shape index (κ3) is 1.91. The first-order valence-electron chi connectivity index (χ1n) is 4.28. The van der Waals surface area contributed by atoms with Gasteiger partial charge >= 0.3 is 0 Å². The van der Waals surface area contributed by atoms with Crippen LogP contribution in [0.4, 0.5) is 0 Å². The zero-order valence-corrected chi connectivity index (χ0v) is 7.91. The van der Waals surface area contributed by atoms with Crippen LogP contribution < -0.4 is 5.19 Å². The van der Waals surface area contributed by atoms with Gasteiger partial charge in [-0.3, -0.25) is 0 Å². The molecular weight excluding hydrogens is 152 g/mol. The van der Waals surface area contributed by atoms with E-state index in [0.29, 0.717) is 0 Å². The first kappa shape index (κ1) is 7.07. The molecule has 1 N–H and O–H groups in total. The smallest absolute Gasteiger partial charge is 0.109 e. The maximum atomic E-state index is 9.26. The van der Waals surface area contributed by atoms with Crippen LogP contribution in [0.5, 0.6) is 0 Å². The van der Waals surface area contributed by atoms with E-state index in [-0.39, 0.29) is 0 Å². The Kier molecular flexibility index (Phi) is 2.05. The summed E-state index contributed by atoms with van der Waals surface area (Å²) in [7, 11) is -1.93. The van der Waals surface area contributed by atoms with Crippen molar-refractivity contribution in [3.8, 4) is 0 Å². The molecule has 1 nitrogen and oxygen atoms in total. The van der Waals surface area contributed by atoms with Crippen LogP contribution in [0.3, 0.4) is 0 Å². The Morgan fingerprint density at radius 2 is 1.91 bits per heavy atom. The van der Waals surface area contributed by atoms with Crippen LogP contribution in [-0.2, 0) is 0 Å². The fourth-order valence-electron chi connectivity index (χ4n) is 0.942. The van der Waals surface area contributed by atoms with Gasteiger partial charge in [0.15, 0.2) is 0 Å². The number of benzene rings is 1. The summed E-state index contributed by atoms with van der Waals surface area (Å²) in [5, 5.41) is 10.4. The third-order valence-electron chi connectivity index (χ3n) is 1.84. The van der Waals surface area contributed by atoms with Gasteiger partial charge in [0.1, 0.15) is 8.07 Å². The topological polar surface area (TPSA) is 20.2 Å². The Balaban J connectivity index is 2.98. The molecule has 2 heteroatoms. The maximum absolute atomic E-state index is 9.26. The van der Waals surface area contributed by atoms with E-state index in [1.54, 1.807) is 0 Å². The largest absolute Gasteiger partial charge is 0.399 e. The lowest BCUT2D eigenvalue weighted by molar-refractivity contribution is 0.360. The Labute approximate surface area is 70.1 Å². The molecule has 0 saturated heterocycles. The summed E-state index contributed by atoms with van der Waals surface area (Å²) >= 11 is 0. The number of hydrogen-bond acceptors (Lipinski definition) is 1. The van der Waals surface area contributed by atoms with Gasteiger partial charge in [-0.05, 0) is 0 Å². The van der Waals surface area contributed by atoms with Gasteiger partial charge in [-0.25, -0.2) is 0 Å². The van der Waals surface area contributed by atoms with Crippen molar-refractivity contribution in [2.75, 3.05) is 6.21 Å². The molecule has 1 aromatic rings. The predicted octanol–water partition coefficient (Wildman–Crippen LogP) is 1.13. The molecule has 0 saturated carbocycles. The molecule has 0 fully saturated rings. The van der Waals surface area contributed by atoms with Gasteiger partial charge < -0.3 is 5.11 Å². The Morgan fingerprint density at radius 3 is 2.36 bits per heavy atom. The third-order valence-corrected chi connectivity index (χ3v) is 4.31. The van der Waals surface area contributed by atoms with Gasteiger partial charge in [0.05, 0.1) is 1.37 Å². The van der Waals surface area contributed by atoms with Gasteiger partial charge in [0.25, 0.3) is 0 Å². The minimum Gasteiger partial charge on any atom is -0.399 e. The van der Waals surface area contributed by atoms with Crippen molar-refractivity contribution in [1.29, 1.82) is 0 Å². The van der Waals surface area contributed by atoms with Crippen molar-refractivity contribution < 1.29 is 6.48 Å². The summed E-state index contributed by atoms with van der Waals surface area (Å²) in [6.07, 6.45) is -0.931. The molecule has 0 heterocycles. The van der Waals surface area contributed by atoms with Crippen LogP contribution in [0.2, 0.25) is 13.1 Å². The second-order valence-electron chi connectivity index (χ2n) is 3.22. The molecule has 0 aliphatic carbocycles. The zero-order valence-electron chi connectivity index (χ0n) is 7.91. The van der Waals surface area contributed by atoms with Crippen molar-refractivity contribution in [3.63, 3.8) is 0 Å². The van der Waals surface area contributed by atoms with Crippen molar-refractivity contribution in [2.24, 2.45) is 0 Å². The molecule has 11 heavy (non-hydrogen) atoms. The molecule has 1 rings (SSSR count). The fourth-order valence-corrected chi connectivity index (χ4v) is 2.14. The summed E-state index contributed by atoms with van der Waals surface area (Å²) in [6.45, 7) is 4.00. The van der Waals surface area contributed by atoms with E-state index in [4.69, 9.17) is 1.37 Å². The molecular formula is C9H14OSi. The van der Waals surface area contributed by atoms with Gasteiger partial charge in [0, 0.05) is 6.21 Å². The highest BCUT2D eigenvalue weighted by Gasteiger charge is 2.21. The molecule has 0 radical (unpaired) electrons. The highest BCUT2D eigenvalue weighted by Crippen LogP contribution is 2.00. The van der Waals surface area contributed by atoms with E-state index in [1.807, 2.05) is 43.4 Å². The van der Waals surface area contributed by atoms with Gasteiger partial charge in [-0.2, -0.15) is 0 Å². The SMILES string of the molecule is [2H][C@@H](O)[Si](C)(C)c1ccccc1. The summed E-state index contributed by atoms with van der Waals surface area (Å²) < 4.78 is 7.34. The summed E-state index contributed by atoms with van der Waals surface area (Å²) in [4.78, 5) is 0. The summed E-state index contributed by atoms with van der Waals surface area (Å²) in [6, 6.07) is 9.83. The molecule has 0 amide bonds. The van der Waals surface area contributed by atoms with E-state index >= 15 is 0 Å². The molecule has 0 aromatic heterocycles. The minimum absolute atomic E-state index is 0.931. The van der Waals surface area contributed by atoms with E-state index in [9.17, 15) is 5.11 Å². The normalized spacial score (nSPS) is 15.7. The molecule has 0 bridgehead atoms. The average molecular weight is 167 g/mol. The summed E-state index contributed by atoms with van der Waals surface area (Å²) in [5.41, 5.74) is 0. The van der Waals surface area contributed by atoms with Crippen molar-refractivity contribution in [2.45, 2.75) is 13.1 Å². The molecule has 0 aliphatic heterocycles. The Morgan fingerprint density at radius 1 is 1.36 bits per heavy atom. The molecule has 1 atom stereocenters. The second kappa shape index (κ2) is 3.20. The van der Waals surface area contributed by atoms with Gasteiger partial charge in [-0.1, -0.05) is 48.6 Å². The monoisotopic (exact) mass is 167 g/mol. The van der Waals surface area contributed by atoms with Crippen molar-refractivity contribution in [1.82, 2.24) is 0 Å². The van der Waals surface area contributed by atoms with E-state index < -0.39 is 14.3 Å². The van der Waals surface area contributed by atoms with Crippen LogP contribution in [0, 0.1) is 0 Å². The molecule has 1 aromatic carbocycles. The second-order valence-corrected chi connectivity index (χ2v) is 7.50. The number of aliphatic hydroxyl groups is 1. The van der Waals surface area contributed by atoms with Crippen LogP contribution in [0.15, 0.2) is 30.3 Å². The Hall–Kier alpha value is -0.603. The lowest BCUT2D eigenvalue weighted by atomic mass is 10.4. The van der Waals surface area contributed by atoms with Crippen LogP contribution >= 0.6 is 0 Å². The van der Waals surface area contributed by atoms with Crippen LogP contribution in [0.1, 0.15) is 1.37 Å². The van der Waals surface area contributed by atoms with Crippen molar-refractivity contribution in [3.05, 3.63) is 30.3 Å². The van der Waals surface area contributed by atoms with Crippen LogP contribution in [0.25, 0.3) is 0 Å². The minimum atomic E-state index is -1.93. The highest BCUT2D eigenvalue weighted by molar-refractivity contribution is 6.89. The number of aliphatic hydroxyl groups excluding tert-OH is 1. The molecule has 0 aliphatic rings. The number of hydrogen-bond donors (Lipinski definition) is 1. The van der Waals surface area contributed by atoms with Crippen LogP contribution in [-0.4, -0.2) is 19.4 Å². The maximum Gasteiger partial charge on any atom is 0.109 e. The molecule has 0 unspecified atom stereocenters. The van der Waals surface area contributed by atoms with Gasteiger partial charge in [0.2, 0.25) is 0 Å². The standard InChI is InChI=1S/C9H14OSi/c1-11(2,8-10)9-6-4-3-5-7-9/h3-7,10H,8H2,1-2H3/i8D/t8-/m0/s1. The van der Waals surface area contributed by atoms with Crippen molar-refractivity contribution >= 4 is 13.3 Å². The van der Waals surface area contributed by atoms with E-state index in [1.165, 1.54) is 0 Å². The first-order chi connectivity index (χ1) is 5.55. The average Bonchev–Trinajstić information content (AvgIpc) is 2.06. The van der Waals surface area contributed by atoms with E-state index in [2.05, 4.69) is 0 Å². The quantitative estimate of drug-likeness (QED) is 0.655. The Bertz CT molecular complexity index is 246. The van der Waals surface area contributed by atoms with Gasteiger partial charge in [-0.15, -0.1) is 0 Å². The first-order valence-corrected chi connectivity index (χ1v) is 6.78. The fraction of sp³-hybridized carbons (Fsp3) is 0.333. The predicted molar refractivity (Wildman–Crippen MR) is 50.6 cm³/mol. The highest BCUT2D eigenvalue weighted by atomic mass is 28.3.